The van der Waals surface area contributed by atoms with Crippen LogP contribution >= 0.6 is 11.3 Å². The first-order valence-electron chi connectivity index (χ1n) is 10.4. The number of rotatable bonds is 6. The number of nitrogens with zero attached hydrogens (tertiary/aromatic N) is 2. The lowest BCUT2D eigenvalue weighted by Gasteiger charge is -2.25. The van der Waals surface area contributed by atoms with Crippen molar-refractivity contribution in [3.63, 3.8) is 0 Å². The van der Waals surface area contributed by atoms with Gasteiger partial charge in [0.2, 0.25) is 0 Å². The van der Waals surface area contributed by atoms with Crippen LogP contribution in [0.2, 0.25) is 0 Å². The van der Waals surface area contributed by atoms with Crippen LogP contribution in [0.4, 0.5) is 0 Å². The van der Waals surface area contributed by atoms with Crippen molar-refractivity contribution in [3.05, 3.63) is 78.4 Å². The zero-order valence-corrected chi connectivity index (χ0v) is 19.8. The number of esters is 1. The second kappa shape index (κ2) is 9.11. The Morgan fingerprint density at radius 1 is 1.18 bits per heavy atom. The molecule has 2 aromatic heterocycles. The van der Waals surface area contributed by atoms with E-state index in [0.29, 0.717) is 43.4 Å². The summed E-state index contributed by atoms with van der Waals surface area (Å²) in [6, 6.07) is 8.20. The van der Waals surface area contributed by atoms with E-state index in [1.807, 2.05) is 13.0 Å². The highest BCUT2D eigenvalue weighted by Gasteiger charge is 2.33. The molecule has 0 spiro atoms. The molecule has 172 valence electrons. The fraction of sp³-hybridized carbons (Fsp3) is 0.292. The van der Waals surface area contributed by atoms with Crippen molar-refractivity contribution in [3.8, 4) is 11.5 Å². The Kier molecular flexibility index (Phi) is 6.24. The summed E-state index contributed by atoms with van der Waals surface area (Å²) in [5, 5.41) is 0. The van der Waals surface area contributed by atoms with Crippen LogP contribution in [0.15, 0.2) is 55.8 Å². The minimum atomic E-state index is -0.736. The molecule has 3 heterocycles. The van der Waals surface area contributed by atoms with Crippen LogP contribution in [0.3, 0.4) is 0 Å². The van der Waals surface area contributed by atoms with Crippen LogP contribution in [0.25, 0.3) is 6.08 Å². The van der Waals surface area contributed by atoms with Crippen molar-refractivity contribution in [1.29, 1.82) is 0 Å². The second-order valence-electron chi connectivity index (χ2n) is 7.37. The van der Waals surface area contributed by atoms with Gasteiger partial charge in [-0.25, -0.2) is 9.79 Å². The van der Waals surface area contributed by atoms with Crippen molar-refractivity contribution in [1.82, 2.24) is 4.57 Å². The Morgan fingerprint density at radius 2 is 1.94 bits per heavy atom. The number of methoxy groups -OCH3 is 2. The quantitative estimate of drug-likeness (QED) is 0.517. The number of carbonyl (C=O) groups excluding carboxylic acids is 1. The number of carbonyl (C=O) groups is 1. The fourth-order valence-electron chi connectivity index (χ4n) is 3.79. The third-order valence-electron chi connectivity index (χ3n) is 5.27. The molecule has 3 aromatic rings. The first-order valence-corrected chi connectivity index (χ1v) is 11.2. The van der Waals surface area contributed by atoms with E-state index in [1.54, 1.807) is 51.3 Å². The van der Waals surface area contributed by atoms with Gasteiger partial charge >= 0.3 is 5.97 Å². The first-order chi connectivity index (χ1) is 15.9. The second-order valence-corrected chi connectivity index (χ2v) is 8.37. The average Bonchev–Trinajstić information content (AvgIpc) is 3.34. The molecular weight excluding hydrogens is 444 g/mol. The molecular formula is C24H24N2O6S. The number of thiazole rings is 1. The van der Waals surface area contributed by atoms with Gasteiger partial charge in [-0.3, -0.25) is 9.36 Å². The van der Waals surface area contributed by atoms with E-state index in [1.165, 1.54) is 23.0 Å². The summed E-state index contributed by atoms with van der Waals surface area (Å²) in [4.78, 5) is 31.5. The summed E-state index contributed by atoms with van der Waals surface area (Å²) >= 11 is 1.24. The maximum Gasteiger partial charge on any atom is 0.338 e. The monoisotopic (exact) mass is 468 g/mol. The molecule has 0 radical (unpaired) electrons. The molecule has 33 heavy (non-hydrogen) atoms. The Balaban J connectivity index is 1.97. The van der Waals surface area contributed by atoms with Crippen LogP contribution < -0.4 is 24.4 Å². The summed E-state index contributed by atoms with van der Waals surface area (Å²) in [6.07, 6.45) is 1.69. The van der Waals surface area contributed by atoms with E-state index >= 15 is 0 Å². The molecule has 0 unspecified atom stereocenters. The smallest absolute Gasteiger partial charge is 0.338 e. The number of ether oxygens (including phenoxy) is 3. The molecule has 0 fully saturated rings. The van der Waals surface area contributed by atoms with Gasteiger partial charge in [-0.15, -0.1) is 0 Å². The zero-order valence-electron chi connectivity index (χ0n) is 19.0. The maximum absolute atomic E-state index is 13.5. The lowest BCUT2D eigenvalue weighted by molar-refractivity contribution is -0.139. The number of aryl methyl sites for hydroxylation is 1. The number of fused-ring (bicyclic) bond motifs is 1. The SMILES string of the molecule is CCOC(=O)C1=C(C)N=c2s/c(=C/c3ccc(C)o3)c(=O)n2[C@H]1c1ccc(OC)c(OC)c1. The van der Waals surface area contributed by atoms with E-state index in [2.05, 4.69) is 4.99 Å². The predicted molar refractivity (Wildman–Crippen MR) is 123 cm³/mol. The summed E-state index contributed by atoms with van der Waals surface area (Å²) in [6.45, 7) is 5.52. The number of benzene rings is 1. The Bertz CT molecular complexity index is 1430. The van der Waals surface area contributed by atoms with Crippen molar-refractivity contribution in [2.24, 2.45) is 4.99 Å². The van der Waals surface area contributed by atoms with Gasteiger partial charge < -0.3 is 18.6 Å². The van der Waals surface area contributed by atoms with Gasteiger partial charge in [0, 0.05) is 6.08 Å². The molecule has 9 heteroatoms. The van der Waals surface area contributed by atoms with Crippen LogP contribution in [-0.2, 0) is 9.53 Å². The van der Waals surface area contributed by atoms with Gasteiger partial charge in [0.1, 0.15) is 11.5 Å². The number of aromatic nitrogens is 1. The summed E-state index contributed by atoms with van der Waals surface area (Å²) in [7, 11) is 3.08. The minimum Gasteiger partial charge on any atom is -0.493 e. The minimum absolute atomic E-state index is 0.205. The molecule has 1 atom stereocenters. The molecule has 4 rings (SSSR count). The van der Waals surface area contributed by atoms with Crippen molar-refractivity contribution >= 4 is 23.4 Å². The van der Waals surface area contributed by atoms with Gasteiger partial charge in [-0.05, 0) is 50.6 Å². The molecule has 0 N–H and O–H groups in total. The molecule has 1 aliphatic heterocycles. The number of allylic oxidation sites excluding steroid dienone is 1. The van der Waals surface area contributed by atoms with E-state index in [4.69, 9.17) is 18.6 Å². The summed E-state index contributed by atoms with van der Waals surface area (Å²) in [5.74, 6) is 1.83. The molecule has 1 aliphatic rings. The highest BCUT2D eigenvalue weighted by Crippen LogP contribution is 2.36. The number of hydrogen-bond donors (Lipinski definition) is 0. The molecule has 1 aromatic carbocycles. The van der Waals surface area contributed by atoms with E-state index in [-0.39, 0.29) is 12.2 Å². The standard InChI is InChI=1S/C24H24N2O6S/c1-6-31-23(28)20-14(3)25-24-26(21(20)15-8-10-17(29-4)18(11-15)30-5)22(27)19(33-24)12-16-9-7-13(2)32-16/h7-12,21H,6H2,1-5H3/b19-12+/t21-/m0/s1. The largest absolute Gasteiger partial charge is 0.493 e. The Hall–Kier alpha value is -3.59. The van der Waals surface area contributed by atoms with Gasteiger partial charge in [0.15, 0.2) is 16.3 Å². The molecule has 8 nitrogen and oxygen atoms in total. The normalized spacial score (nSPS) is 15.8. The van der Waals surface area contributed by atoms with E-state index < -0.39 is 12.0 Å². The van der Waals surface area contributed by atoms with Gasteiger partial charge in [-0.1, -0.05) is 17.4 Å². The summed E-state index contributed by atoms with van der Waals surface area (Å²) < 4.78 is 23.7. The lowest BCUT2D eigenvalue weighted by atomic mass is 9.95. The van der Waals surface area contributed by atoms with Gasteiger partial charge in [-0.2, -0.15) is 0 Å². The third-order valence-corrected chi connectivity index (χ3v) is 6.26. The third kappa shape index (κ3) is 4.11. The lowest BCUT2D eigenvalue weighted by Crippen LogP contribution is -2.39. The predicted octanol–water partition coefficient (Wildman–Crippen LogP) is 2.72. The molecule has 0 saturated carbocycles. The first kappa shape index (κ1) is 22.6. The van der Waals surface area contributed by atoms with Crippen molar-refractivity contribution in [2.75, 3.05) is 20.8 Å². The highest BCUT2D eigenvalue weighted by atomic mass is 32.1. The van der Waals surface area contributed by atoms with Gasteiger partial charge in [0.25, 0.3) is 5.56 Å². The van der Waals surface area contributed by atoms with E-state index in [9.17, 15) is 9.59 Å². The zero-order chi connectivity index (χ0) is 23.7. The van der Waals surface area contributed by atoms with Gasteiger partial charge in [0.05, 0.1) is 42.7 Å². The van der Waals surface area contributed by atoms with Crippen molar-refractivity contribution < 1.29 is 23.4 Å². The highest BCUT2D eigenvalue weighted by molar-refractivity contribution is 7.07. The average molecular weight is 469 g/mol. The number of furan rings is 1. The molecule has 0 amide bonds. The molecule has 0 aliphatic carbocycles. The van der Waals surface area contributed by atoms with E-state index in [0.717, 1.165) is 5.76 Å². The molecule has 0 saturated heterocycles. The Labute approximate surface area is 194 Å². The van der Waals surface area contributed by atoms with Crippen LogP contribution in [-0.4, -0.2) is 31.4 Å². The maximum atomic E-state index is 13.5. The van der Waals surface area contributed by atoms with Crippen molar-refractivity contribution in [2.45, 2.75) is 26.8 Å². The van der Waals surface area contributed by atoms with Crippen LogP contribution in [0.5, 0.6) is 11.5 Å². The Morgan fingerprint density at radius 3 is 2.58 bits per heavy atom. The molecule has 0 bridgehead atoms. The fourth-order valence-corrected chi connectivity index (χ4v) is 4.82. The van der Waals surface area contributed by atoms with Crippen LogP contribution in [0, 0.1) is 6.92 Å². The van der Waals surface area contributed by atoms with Crippen LogP contribution in [0.1, 0.15) is 37.0 Å². The summed E-state index contributed by atoms with van der Waals surface area (Å²) in [5.41, 5.74) is 1.19. The number of hydrogen-bond acceptors (Lipinski definition) is 8. The topological polar surface area (TPSA) is 92.3 Å².